The molecule has 20 heavy (non-hydrogen) atoms. The molecule has 2 atom stereocenters. The Hall–Kier alpha value is -1.40. The van der Waals surface area contributed by atoms with Crippen molar-refractivity contribution < 1.29 is 13.9 Å². The average molecular weight is 294 g/mol. The van der Waals surface area contributed by atoms with E-state index in [1.165, 1.54) is 17.8 Å². The number of aliphatic imine (C=N–C) groups is 1. The van der Waals surface area contributed by atoms with Crippen LogP contribution in [-0.4, -0.2) is 29.0 Å². The molecule has 2 saturated heterocycles. The van der Waals surface area contributed by atoms with Crippen molar-refractivity contribution in [2.45, 2.75) is 18.1 Å². The quantitative estimate of drug-likeness (QED) is 0.911. The minimum atomic E-state index is -0.583. The highest BCUT2D eigenvalue weighted by Crippen LogP contribution is 2.42. The van der Waals surface area contributed by atoms with Gasteiger partial charge < -0.3 is 10.1 Å². The lowest BCUT2D eigenvalue weighted by atomic mass is 9.92. The summed E-state index contributed by atoms with van der Waals surface area (Å²) in [4.78, 5) is 16.4. The van der Waals surface area contributed by atoms with Gasteiger partial charge in [0.15, 0.2) is 5.17 Å². The Morgan fingerprint density at radius 2 is 2.30 bits per heavy atom. The monoisotopic (exact) mass is 294 g/mol. The summed E-state index contributed by atoms with van der Waals surface area (Å²) in [5.74, 6) is -0.304. The number of benzene rings is 1. The highest BCUT2D eigenvalue weighted by atomic mass is 32.2. The molecule has 0 spiro atoms. The molecule has 2 aliphatic rings. The van der Waals surface area contributed by atoms with Crippen molar-refractivity contribution in [2.75, 3.05) is 13.2 Å². The second kappa shape index (κ2) is 5.18. The van der Waals surface area contributed by atoms with E-state index in [-0.39, 0.29) is 17.5 Å². The summed E-state index contributed by atoms with van der Waals surface area (Å²) < 4.78 is 18.4. The SMILES string of the molecule is C[C@@]1(C2CCOC2)SC(=Nc2ccccc2F)NC1=O. The molecule has 1 amide bonds. The first kappa shape index (κ1) is 13.6. The number of nitrogens with one attached hydrogen (secondary N) is 1. The van der Waals surface area contributed by atoms with Crippen LogP contribution in [0, 0.1) is 11.7 Å². The molecule has 4 nitrogen and oxygen atoms in total. The summed E-state index contributed by atoms with van der Waals surface area (Å²) in [5, 5.41) is 3.20. The standard InChI is InChI=1S/C14H15FN2O2S/c1-14(9-6-7-19-8-9)12(18)17-13(20-14)16-11-5-3-2-4-10(11)15/h2-5,9H,6-8H2,1H3,(H,16,17,18)/t9?,14-/m0/s1. The Kier molecular flexibility index (Phi) is 3.52. The van der Waals surface area contributed by atoms with Gasteiger partial charge in [-0.15, -0.1) is 0 Å². The second-order valence-electron chi connectivity index (χ2n) is 5.09. The van der Waals surface area contributed by atoms with Crippen LogP contribution >= 0.6 is 11.8 Å². The van der Waals surface area contributed by atoms with Crippen LogP contribution in [0.15, 0.2) is 29.3 Å². The van der Waals surface area contributed by atoms with Gasteiger partial charge in [-0.2, -0.15) is 0 Å². The van der Waals surface area contributed by atoms with E-state index in [0.29, 0.717) is 18.4 Å². The number of para-hydroxylation sites is 1. The fraction of sp³-hybridized carbons (Fsp3) is 0.429. The number of hydrogen-bond donors (Lipinski definition) is 1. The van der Waals surface area contributed by atoms with E-state index in [9.17, 15) is 9.18 Å². The van der Waals surface area contributed by atoms with Crippen LogP contribution in [-0.2, 0) is 9.53 Å². The van der Waals surface area contributed by atoms with E-state index in [1.54, 1.807) is 18.2 Å². The Labute approximate surface area is 120 Å². The first-order valence-corrected chi connectivity index (χ1v) is 7.32. The lowest BCUT2D eigenvalue weighted by Gasteiger charge is -2.24. The minimum Gasteiger partial charge on any atom is -0.381 e. The van der Waals surface area contributed by atoms with E-state index in [0.717, 1.165) is 6.42 Å². The molecule has 1 aromatic rings. The summed E-state index contributed by atoms with van der Waals surface area (Å²) in [7, 11) is 0. The number of amides is 1. The van der Waals surface area contributed by atoms with Crippen LogP contribution < -0.4 is 5.32 Å². The maximum absolute atomic E-state index is 13.6. The Morgan fingerprint density at radius 1 is 1.50 bits per heavy atom. The Bertz CT molecular complexity index is 572. The fourth-order valence-corrected chi connectivity index (χ4v) is 3.62. The van der Waals surface area contributed by atoms with Crippen molar-refractivity contribution in [3.8, 4) is 0 Å². The third-order valence-electron chi connectivity index (χ3n) is 3.76. The summed E-state index contributed by atoms with van der Waals surface area (Å²) in [5.41, 5.74) is 0.238. The van der Waals surface area contributed by atoms with Crippen LogP contribution in [0.5, 0.6) is 0 Å². The van der Waals surface area contributed by atoms with Gasteiger partial charge in [0.05, 0.1) is 6.61 Å². The van der Waals surface area contributed by atoms with Crippen LogP contribution in [0.25, 0.3) is 0 Å². The van der Waals surface area contributed by atoms with Crippen LogP contribution in [0.3, 0.4) is 0 Å². The number of ether oxygens (including phenoxy) is 1. The lowest BCUT2D eigenvalue weighted by molar-refractivity contribution is -0.122. The van der Waals surface area contributed by atoms with Crippen LogP contribution in [0.2, 0.25) is 0 Å². The number of nitrogens with zero attached hydrogens (tertiary/aromatic N) is 1. The molecule has 2 fully saturated rings. The van der Waals surface area contributed by atoms with Crippen molar-refractivity contribution in [2.24, 2.45) is 10.9 Å². The third kappa shape index (κ3) is 2.33. The number of thioether (sulfide) groups is 1. The highest BCUT2D eigenvalue weighted by molar-refractivity contribution is 8.16. The molecule has 0 aliphatic carbocycles. The number of rotatable bonds is 2. The second-order valence-corrected chi connectivity index (χ2v) is 6.53. The Morgan fingerprint density at radius 3 is 3.00 bits per heavy atom. The topological polar surface area (TPSA) is 50.7 Å². The predicted octanol–water partition coefficient (Wildman–Crippen LogP) is 2.47. The maximum atomic E-state index is 13.6. The molecule has 0 aromatic heterocycles. The zero-order chi connectivity index (χ0) is 14.2. The molecule has 3 rings (SSSR count). The molecule has 1 unspecified atom stereocenters. The third-order valence-corrected chi connectivity index (χ3v) is 5.09. The van der Waals surface area contributed by atoms with Gasteiger partial charge in [-0.25, -0.2) is 9.38 Å². The summed E-state index contributed by atoms with van der Waals surface area (Å²) in [6.07, 6.45) is 0.865. The lowest BCUT2D eigenvalue weighted by Crippen LogP contribution is -2.40. The molecule has 2 heterocycles. The molecule has 6 heteroatoms. The first-order chi connectivity index (χ1) is 9.59. The van der Waals surface area contributed by atoms with Gasteiger partial charge >= 0.3 is 0 Å². The molecule has 1 N–H and O–H groups in total. The van der Waals surface area contributed by atoms with Gasteiger partial charge in [-0.3, -0.25) is 4.79 Å². The van der Waals surface area contributed by atoms with Gasteiger partial charge in [0, 0.05) is 12.5 Å². The van der Waals surface area contributed by atoms with Crippen molar-refractivity contribution in [1.29, 1.82) is 0 Å². The molecule has 1 aromatic carbocycles. The first-order valence-electron chi connectivity index (χ1n) is 6.51. The summed E-state index contributed by atoms with van der Waals surface area (Å²) in [6, 6.07) is 6.27. The smallest absolute Gasteiger partial charge is 0.242 e. The van der Waals surface area contributed by atoms with Gasteiger partial charge in [0.2, 0.25) is 5.91 Å². The molecular weight excluding hydrogens is 279 g/mol. The van der Waals surface area contributed by atoms with Gasteiger partial charge in [0.25, 0.3) is 0 Å². The number of carbonyl (C=O) groups excluding carboxylic acids is 1. The molecule has 106 valence electrons. The van der Waals surface area contributed by atoms with Gasteiger partial charge in [0.1, 0.15) is 16.3 Å². The average Bonchev–Trinajstić information content (AvgIpc) is 3.03. The van der Waals surface area contributed by atoms with Crippen LogP contribution in [0.1, 0.15) is 13.3 Å². The van der Waals surface area contributed by atoms with E-state index < -0.39 is 10.6 Å². The molecular formula is C14H15FN2O2S. The Balaban J connectivity index is 1.84. The largest absolute Gasteiger partial charge is 0.381 e. The van der Waals surface area contributed by atoms with Crippen LogP contribution in [0.4, 0.5) is 10.1 Å². The number of halogens is 1. The zero-order valence-electron chi connectivity index (χ0n) is 11.1. The normalized spacial score (nSPS) is 31.8. The van der Waals surface area contributed by atoms with E-state index in [2.05, 4.69) is 10.3 Å². The van der Waals surface area contributed by atoms with Crippen molar-refractivity contribution in [3.63, 3.8) is 0 Å². The van der Waals surface area contributed by atoms with Crippen molar-refractivity contribution in [1.82, 2.24) is 5.32 Å². The van der Waals surface area contributed by atoms with Gasteiger partial charge in [-0.05, 0) is 25.5 Å². The number of hydrogen-bond acceptors (Lipinski definition) is 4. The zero-order valence-corrected chi connectivity index (χ0v) is 11.9. The highest BCUT2D eigenvalue weighted by Gasteiger charge is 2.49. The van der Waals surface area contributed by atoms with E-state index in [4.69, 9.17) is 4.74 Å². The van der Waals surface area contributed by atoms with E-state index in [1.807, 2.05) is 6.92 Å². The number of amidine groups is 1. The van der Waals surface area contributed by atoms with Gasteiger partial charge in [-0.1, -0.05) is 23.9 Å². The summed E-state index contributed by atoms with van der Waals surface area (Å²) >= 11 is 1.36. The minimum absolute atomic E-state index is 0.0758. The maximum Gasteiger partial charge on any atom is 0.242 e. The summed E-state index contributed by atoms with van der Waals surface area (Å²) in [6.45, 7) is 3.17. The van der Waals surface area contributed by atoms with Crippen molar-refractivity contribution in [3.05, 3.63) is 30.1 Å². The fourth-order valence-electron chi connectivity index (χ4n) is 2.43. The molecule has 0 radical (unpaired) electrons. The molecule has 2 aliphatic heterocycles. The van der Waals surface area contributed by atoms with E-state index >= 15 is 0 Å². The predicted molar refractivity (Wildman–Crippen MR) is 76.6 cm³/mol. The van der Waals surface area contributed by atoms with Crippen molar-refractivity contribution >= 4 is 28.5 Å². The number of carbonyl (C=O) groups is 1. The molecule has 0 bridgehead atoms. The molecule has 0 saturated carbocycles.